The second-order valence-corrected chi connectivity index (χ2v) is 7.36. The van der Waals surface area contributed by atoms with Gasteiger partial charge >= 0.3 is 0 Å². The Kier molecular flexibility index (Phi) is 5.62. The number of carbonyl (C=O) groups is 1. The lowest BCUT2D eigenvalue weighted by Crippen LogP contribution is -2.47. The van der Waals surface area contributed by atoms with Gasteiger partial charge in [-0.25, -0.2) is 0 Å². The molecule has 5 heteroatoms. The Morgan fingerprint density at radius 2 is 2.26 bits per heavy atom. The van der Waals surface area contributed by atoms with Crippen molar-refractivity contribution in [2.75, 3.05) is 23.9 Å². The maximum Gasteiger partial charge on any atom is 0.256 e. The van der Waals surface area contributed by atoms with E-state index in [1.807, 2.05) is 41.8 Å². The quantitative estimate of drug-likeness (QED) is 0.844. The van der Waals surface area contributed by atoms with Crippen molar-refractivity contribution < 1.29 is 14.3 Å². The molecule has 1 aromatic carbocycles. The van der Waals surface area contributed by atoms with Crippen LogP contribution in [-0.4, -0.2) is 43.1 Å². The summed E-state index contributed by atoms with van der Waals surface area (Å²) in [6.07, 6.45) is 3.04. The summed E-state index contributed by atoms with van der Waals surface area (Å²) in [6.45, 7) is 5.26. The van der Waals surface area contributed by atoms with Crippen LogP contribution in [0.3, 0.4) is 0 Å². The molecule has 0 aromatic heterocycles. The molecule has 2 aliphatic rings. The second kappa shape index (κ2) is 7.69. The zero-order valence-electron chi connectivity index (χ0n) is 13.9. The monoisotopic (exact) mass is 335 g/mol. The van der Waals surface area contributed by atoms with Gasteiger partial charge in [-0.1, -0.05) is 12.1 Å². The van der Waals surface area contributed by atoms with E-state index in [0.717, 1.165) is 30.9 Å². The zero-order valence-corrected chi connectivity index (χ0v) is 14.7. The number of fused-ring (bicyclic) bond motifs is 1. The van der Waals surface area contributed by atoms with Crippen LogP contribution < -0.4 is 4.90 Å². The maximum atomic E-state index is 12.9. The fourth-order valence-corrected chi connectivity index (χ4v) is 4.15. The molecule has 1 aromatic rings. The SMILES string of the molecule is C[C@H](OC[C@@H]1CCCCO1)C(=O)N1c2ccccc2SC[C@H]1C. The summed E-state index contributed by atoms with van der Waals surface area (Å²) in [5.74, 6) is 0.961. The first-order chi connectivity index (χ1) is 11.2. The topological polar surface area (TPSA) is 38.8 Å². The number of rotatable bonds is 4. The van der Waals surface area contributed by atoms with Crippen molar-refractivity contribution in [2.24, 2.45) is 0 Å². The van der Waals surface area contributed by atoms with Gasteiger partial charge in [0.25, 0.3) is 5.91 Å². The summed E-state index contributed by atoms with van der Waals surface area (Å²) in [4.78, 5) is 16.0. The van der Waals surface area contributed by atoms with E-state index in [0.29, 0.717) is 6.61 Å². The molecule has 1 fully saturated rings. The van der Waals surface area contributed by atoms with Crippen LogP contribution in [0.4, 0.5) is 5.69 Å². The van der Waals surface area contributed by atoms with Gasteiger partial charge in [-0.05, 0) is 45.2 Å². The molecule has 0 saturated carbocycles. The third kappa shape index (κ3) is 3.90. The number of carbonyl (C=O) groups excluding carboxylic acids is 1. The molecule has 2 heterocycles. The minimum atomic E-state index is -0.445. The highest BCUT2D eigenvalue weighted by molar-refractivity contribution is 7.99. The van der Waals surface area contributed by atoms with Gasteiger partial charge in [-0.15, -0.1) is 11.8 Å². The Balaban J connectivity index is 1.64. The first-order valence-electron chi connectivity index (χ1n) is 8.45. The molecule has 1 amide bonds. The lowest BCUT2D eigenvalue weighted by atomic mass is 10.1. The Hall–Kier alpha value is -1.04. The van der Waals surface area contributed by atoms with Gasteiger partial charge in [-0.2, -0.15) is 0 Å². The van der Waals surface area contributed by atoms with E-state index >= 15 is 0 Å². The predicted molar refractivity (Wildman–Crippen MR) is 93.1 cm³/mol. The van der Waals surface area contributed by atoms with Crippen LogP contribution in [0.2, 0.25) is 0 Å². The minimum absolute atomic E-state index is 0.0426. The van der Waals surface area contributed by atoms with E-state index < -0.39 is 6.10 Å². The molecule has 0 unspecified atom stereocenters. The number of hydrogen-bond donors (Lipinski definition) is 0. The van der Waals surface area contributed by atoms with E-state index in [-0.39, 0.29) is 18.1 Å². The van der Waals surface area contributed by atoms with Gasteiger partial charge < -0.3 is 14.4 Å². The maximum absolute atomic E-state index is 12.9. The Morgan fingerprint density at radius 1 is 1.43 bits per heavy atom. The van der Waals surface area contributed by atoms with E-state index in [1.165, 1.54) is 11.3 Å². The van der Waals surface area contributed by atoms with Crippen molar-refractivity contribution in [2.45, 2.75) is 56.3 Å². The van der Waals surface area contributed by atoms with Gasteiger partial charge in [-0.3, -0.25) is 4.79 Å². The first kappa shape index (κ1) is 16.8. The molecule has 126 valence electrons. The van der Waals surface area contributed by atoms with Crippen LogP contribution in [0.15, 0.2) is 29.2 Å². The number of para-hydroxylation sites is 1. The lowest BCUT2D eigenvalue weighted by Gasteiger charge is -2.36. The number of hydrogen-bond acceptors (Lipinski definition) is 4. The van der Waals surface area contributed by atoms with Gasteiger partial charge in [0.05, 0.1) is 18.4 Å². The number of amides is 1. The number of benzene rings is 1. The average molecular weight is 335 g/mol. The molecule has 4 nitrogen and oxygen atoms in total. The van der Waals surface area contributed by atoms with Crippen LogP contribution in [0.5, 0.6) is 0 Å². The fourth-order valence-electron chi connectivity index (χ4n) is 3.09. The Labute approximate surface area is 142 Å². The van der Waals surface area contributed by atoms with Gasteiger partial charge in [0.2, 0.25) is 0 Å². The Morgan fingerprint density at radius 3 is 3.04 bits per heavy atom. The highest BCUT2D eigenvalue weighted by Gasteiger charge is 2.32. The van der Waals surface area contributed by atoms with Crippen LogP contribution >= 0.6 is 11.8 Å². The summed E-state index contributed by atoms with van der Waals surface area (Å²) in [7, 11) is 0. The van der Waals surface area contributed by atoms with Crippen molar-refractivity contribution in [3.05, 3.63) is 24.3 Å². The molecule has 0 N–H and O–H groups in total. The number of ether oxygens (including phenoxy) is 2. The molecule has 3 rings (SSSR count). The summed E-state index contributed by atoms with van der Waals surface area (Å²) < 4.78 is 11.5. The number of anilines is 1. The fraction of sp³-hybridized carbons (Fsp3) is 0.611. The van der Waals surface area contributed by atoms with E-state index in [9.17, 15) is 4.79 Å². The van der Waals surface area contributed by atoms with Crippen molar-refractivity contribution >= 4 is 23.4 Å². The zero-order chi connectivity index (χ0) is 16.2. The van der Waals surface area contributed by atoms with Crippen molar-refractivity contribution in [3.8, 4) is 0 Å². The number of thioether (sulfide) groups is 1. The molecular weight excluding hydrogens is 310 g/mol. The molecule has 0 aliphatic carbocycles. The van der Waals surface area contributed by atoms with Crippen LogP contribution in [0.25, 0.3) is 0 Å². The van der Waals surface area contributed by atoms with E-state index in [1.54, 1.807) is 0 Å². The Bertz CT molecular complexity index is 545. The molecule has 0 bridgehead atoms. The number of nitrogens with zero attached hydrogens (tertiary/aromatic N) is 1. The van der Waals surface area contributed by atoms with Gasteiger partial charge in [0.1, 0.15) is 6.10 Å². The van der Waals surface area contributed by atoms with Crippen LogP contribution in [0.1, 0.15) is 33.1 Å². The molecule has 3 atom stereocenters. The molecule has 0 spiro atoms. The van der Waals surface area contributed by atoms with E-state index in [4.69, 9.17) is 9.47 Å². The third-order valence-corrected chi connectivity index (χ3v) is 5.74. The molecule has 2 aliphatic heterocycles. The van der Waals surface area contributed by atoms with Crippen LogP contribution in [-0.2, 0) is 14.3 Å². The van der Waals surface area contributed by atoms with E-state index in [2.05, 4.69) is 13.0 Å². The summed E-state index contributed by atoms with van der Waals surface area (Å²) >= 11 is 1.81. The average Bonchev–Trinajstić information content (AvgIpc) is 2.60. The smallest absolute Gasteiger partial charge is 0.256 e. The normalized spacial score (nSPS) is 25.7. The summed E-state index contributed by atoms with van der Waals surface area (Å²) in [5, 5.41) is 0. The molecule has 0 radical (unpaired) electrons. The minimum Gasteiger partial charge on any atom is -0.376 e. The van der Waals surface area contributed by atoms with Crippen LogP contribution in [0, 0.1) is 0 Å². The highest BCUT2D eigenvalue weighted by atomic mass is 32.2. The van der Waals surface area contributed by atoms with Crippen molar-refractivity contribution in [1.29, 1.82) is 0 Å². The first-order valence-corrected chi connectivity index (χ1v) is 9.43. The predicted octanol–water partition coefficient (Wildman–Crippen LogP) is 3.49. The van der Waals surface area contributed by atoms with Crippen molar-refractivity contribution in [3.63, 3.8) is 0 Å². The van der Waals surface area contributed by atoms with Gasteiger partial charge in [0, 0.05) is 23.3 Å². The molecule has 23 heavy (non-hydrogen) atoms. The summed E-state index contributed by atoms with van der Waals surface area (Å²) in [6, 6.07) is 8.28. The largest absolute Gasteiger partial charge is 0.376 e. The highest BCUT2D eigenvalue weighted by Crippen LogP contribution is 2.37. The summed E-state index contributed by atoms with van der Waals surface area (Å²) in [5.41, 5.74) is 1.01. The molecule has 1 saturated heterocycles. The lowest BCUT2D eigenvalue weighted by molar-refractivity contribution is -0.133. The molecular formula is C18H25NO3S. The standard InChI is InChI=1S/C18H25NO3S/c1-13-12-23-17-9-4-3-8-16(17)19(13)18(20)14(2)22-11-15-7-5-6-10-21-15/h3-4,8-9,13-15H,5-7,10-12H2,1-2H3/t13-,14+,15+/m1/s1. The van der Waals surface area contributed by atoms with Crippen molar-refractivity contribution in [1.82, 2.24) is 0 Å². The second-order valence-electron chi connectivity index (χ2n) is 6.30. The van der Waals surface area contributed by atoms with Gasteiger partial charge in [0.15, 0.2) is 0 Å². The third-order valence-electron chi connectivity index (χ3n) is 4.44.